The van der Waals surface area contributed by atoms with Gasteiger partial charge in [0.05, 0.1) is 24.3 Å². The molecule has 0 aliphatic heterocycles. The molecule has 3 aliphatic rings. The first-order valence-electron chi connectivity index (χ1n) is 6.61. The van der Waals surface area contributed by atoms with Crippen molar-refractivity contribution in [1.29, 1.82) is 21.0 Å². The first kappa shape index (κ1) is 12.5. The van der Waals surface area contributed by atoms with Crippen LogP contribution >= 0.6 is 0 Å². The molecule has 20 heavy (non-hydrogen) atoms. The molecule has 3 aliphatic carbocycles. The Morgan fingerprint density at radius 1 is 0.900 bits per heavy atom. The minimum Gasteiger partial charge on any atom is -0.196 e. The summed E-state index contributed by atoms with van der Waals surface area (Å²) in [7, 11) is 0. The van der Waals surface area contributed by atoms with Crippen LogP contribution in [0.5, 0.6) is 0 Å². The van der Waals surface area contributed by atoms with Crippen molar-refractivity contribution >= 4 is 0 Å². The van der Waals surface area contributed by atoms with E-state index in [-0.39, 0.29) is 18.8 Å². The van der Waals surface area contributed by atoms with E-state index in [1.807, 2.05) is 24.3 Å². The lowest BCUT2D eigenvalue weighted by atomic mass is 9.55. The molecule has 4 heteroatoms. The molecule has 1 saturated carbocycles. The van der Waals surface area contributed by atoms with Crippen LogP contribution in [0, 0.1) is 68.0 Å². The van der Waals surface area contributed by atoms with Crippen LogP contribution < -0.4 is 0 Å². The van der Waals surface area contributed by atoms with Crippen LogP contribution in [-0.4, -0.2) is 0 Å². The summed E-state index contributed by atoms with van der Waals surface area (Å²) in [5.41, 5.74) is 0.323. The zero-order chi connectivity index (χ0) is 14.5. The van der Waals surface area contributed by atoms with Gasteiger partial charge in [0.2, 0.25) is 0 Å². The largest absolute Gasteiger partial charge is 0.196 e. The molecule has 0 amide bonds. The minimum atomic E-state index is -1.56. The predicted octanol–water partition coefficient (Wildman–Crippen LogP) is 2.74. The van der Waals surface area contributed by atoms with Gasteiger partial charge in [0.25, 0.3) is 0 Å². The van der Waals surface area contributed by atoms with Gasteiger partial charge in [-0.05, 0) is 18.8 Å². The summed E-state index contributed by atoms with van der Waals surface area (Å²) in [6.45, 7) is 4.07. The second-order valence-corrected chi connectivity index (χ2v) is 6.01. The van der Waals surface area contributed by atoms with Crippen LogP contribution in [0.2, 0.25) is 0 Å². The summed E-state index contributed by atoms with van der Waals surface area (Å²) in [6, 6.07) is 7.91. The van der Waals surface area contributed by atoms with E-state index in [0.29, 0.717) is 5.92 Å². The lowest BCUT2D eigenvalue weighted by Gasteiger charge is -2.39. The van der Waals surface area contributed by atoms with E-state index in [1.165, 1.54) is 5.57 Å². The molecule has 0 aromatic heterocycles. The standard InChI is InChI=1S/C16H12N4/c1-10-2-11-3-12(10)14-5-16(8-19,9-20)15(6-17,7-18)4-13(11)14/h11-12H,1-5H2. The van der Waals surface area contributed by atoms with Crippen molar-refractivity contribution in [2.45, 2.75) is 25.7 Å². The third-order valence-electron chi connectivity index (χ3n) is 5.25. The summed E-state index contributed by atoms with van der Waals surface area (Å²) in [5, 5.41) is 37.9. The summed E-state index contributed by atoms with van der Waals surface area (Å²) in [6.07, 6.45) is 2.35. The molecule has 0 spiro atoms. The molecule has 0 aromatic carbocycles. The van der Waals surface area contributed by atoms with Gasteiger partial charge in [-0.3, -0.25) is 0 Å². The molecular weight excluding hydrogens is 248 g/mol. The van der Waals surface area contributed by atoms with E-state index < -0.39 is 10.8 Å². The third kappa shape index (κ3) is 1.17. The van der Waals surface area contributed by atoms with Gasteiger partial charge in [-0.25, -0.2) is 0 Å². The number of nitriles is 4. The SMILES string of the molecule is C=C1CC2CC1C1=C2CC(C#N)(C#N)C(C#N)(C#N)C1. The van der Waals surface area contributed by atoms with E-state index in [4.69, 9.17) is 0 Å². The van der Waals surface area contributed by atoms with Crippen molar-refractivity contribution in [3.05, 3.63) is 23.3 Å². The number of rotatable bonds is 0. The highest BCUT2D eigenvalue weighted by Crippen LogP contribution is 2.62. The molecule has 1 fully saturated rings. The number of nitrogens with zero attached hydrogens (tertiary/aromatic N) is 4. The third-order valence-corrected chi connectivity index (χ3v) is 5.25. The van der Waals surface area contributed by atoms with Gasteiger partial charge in [0, 0.05) is 18.8 Å². The van der Waals surface area contributed by atoms with Crippen molar-refractivity contribution in [3.63, 3.8) is 0 Å². The molecule has 0 heterocycles. The highest BCUT2D eigenvalue weighted by Gasteiger charge is 2.61. The molecule has 0 N–H and O–H groups in total. The Labute approximate surface area is 117 Å². The number of hydrogen-bond donors (Lipinski definition) is 0. The highest BCUT2D eigenvalue weighted by molar-refractivity contribution is 5.50. The quantitative estimate of drug-likeness (QED) is 0.625. The Morgan fingerprint density at radius 3 is 1.90 bits per heavy atom. The van der Waals surface area contributed by atoms with Gasteiger partial charge in [0.15, 0.2) is 10.8 Å². The molecule has 0 aromatic rings. The molecule has 0 saturated heterocycles. The first-order valence-corrected chi connectivity index (χ1v) is 6.61. The van der Waals surface area contributed by atoms with E-state index in [9.17, 15) is 21.0 Å². The Kier molecular flexibility index (Phi) is 2.32. The zero-order valence-electron chi connectivity index (χ0n) is 11.0. The van der Waals surface area contributed by atoms with Gasteiger partial charge >= 0.3 is 0 Å². The van der Waals surface area contributed by atoms with E-state index in [1.54, 1.807) is 0 Å². The first-order chi connectivity index (χ1) is 9.56. The lowest BCUT2D eigenvalue weighted by Crippen LogP contribution is -2.43. The molecular formula is C16H12N4. The van der Waals surface area contributed by atoms with Crippen molar-refractivity contribution < 1.29 is 0 Å². The topological polar surface area (TPSA) is 95.2 Å². The summed E-state index contributed by atoms with van der Waals surface area (Å²) in [4.78, 5) is 0. The fourth-order valence-corrected chi connectivity index (χ4v) is 4.09. The zero-order valence-corrected chi connectivity index (χ0v) is 11.0. The van der Waals surface area contributed by atoms with Crippen LogP contribution in [0.1, 0.15) is 25.7 Å². The number of hydrogen-bond acceptors (Lipinski definition) is 4. The van der Waals surface area contributed by atoms with E-state index in [2.05, 4.69) is 6.58 Å². The smallest absolute Gasteiger partial charge is 0.179 e. The van der Waals surface area contributed by atoms with Crippen LogP contribution in [0.15, 0.2) is 23.3 Å². The highest BCUT2D eigenvalue weighted by atomic mass is 14.6. The molecule has 0 radical (unpaired) electrons. The van der Waals surface area contributed by atoms with Gasteiger partial charge in [-0.1, -0.05) is 23.3 Å². The molecule has 2 bridgehead atoms. The fraction of sp³-hybridized carbons (Fsp3) is 0.500. The summed E-state index contributed by atoms with van der Waals surface area (Å²) in [5.74, 6) is 0.616. The molecule has 2 atom stereocenters. The van der Waals surface area contributed by atoms with Gasteiger partial charge in [0.1, 0.15) is 0 Å². The second-order valence-electron chi connectivity index (χ2n) is 6.01. The summed E-state index contributed by atoms with van der Waals surface area (Å²) >= 11 is 0. The van der Waals surface area contributed by atoms with Gasteiger partial charge in [-0.2, -0.15) is 21.0 Å². The Morgan fingerprint density at radius 2 is 1.40 bits per heavy atom. The van der Waals surface area contributed by atoms with Crippen molar-refractivity contribution in [1.82, 2.24) is 0 Å². The average Bonchev–Trinajstić information content (AvgIpc) is 3.02. The average molecular weight is 260 g/mol. The van der Waals surface area contributed by atoms with Gasteiger partial charge < -0.3 is 0 Å². The van der Waals surface area contributed by atoms with Crippen LogP contribution in [0.25, 0.3) is 0 Å². The molecule has 2 unspecified atom stereocenters. The Balaban J connectivity index is 2.19. The fourth-order valence-electron chi connectivity index (χ4n) is 4.09. The maximum atomic E-state index is 9.48. The van der Waals surface area contributed by atoms with Crippen molar-refractivity contribution in [2.75, 3.05) is 0 Å². The molecule has 4 nitrogen and oxygen atoms in total. The van der Waals surface area contributed by atoms with Crippen molar-refractivity contribution in [2.24, 2.45) is 22.7 Å². The maximum absolute atomic E-state index is 9.48. The number of fused-ring (bicyclic) bond motifs is 4. The van der Waals surface area contributed by atoms with Crippen LogP contribution in [0.4, 0.5) is 0 Å². The maximum Gasteiger partial charge on any atom is 0.179 e. The van der Waals surface area contributed by atoms with Crippen LogP contribution in [0.3, 0.4) is 0 Å². The summed E-state index contributed by atoms with van der Waals surface area (Å²) < 4.78 is 0. The molecule has 96 valence electrons. The second kappa shape index (κ2) is 3.72. The van der Waals surface area contributed by atoms with E-state index in [0.717, 1.165) is 24.0 Å². The Hall–Kier alpha value is -2.56. The Bertz CT molecular complexity index is 686. The van der Waals surface area contributed by atoms with Crippen molar-refractivity contribution in [3.8, 4) is 24.3 Å². The van der Waals surface area contributed by atoms with Gasteiger partial charge in [-0.15, -0.1) is 0 Å². The normalized spacial score (nSPS) is 31.7. The van der Waals surface area contributed by atoms with Crippen LogP contribution in [-0.2, 0) is 0 Å². The molecule has 3 rings (SSSR count). The monoisotopic (exact) mass is 260 g/mol. The lowest BCUT2D eigenvalue weighted by molar-refractivity contribution is 0.263. The minimum absolute atomic E-state index is 0.219. The van der Waals surface area contributed by atoms with E-state index >= 15 is 0 Å². The predicted molar refractivity (Wildman–Crippen MR) is 68.9 cm³/mol. The number of allylic oxidation sites excluding steroid dienone is 3.